The molecule has 2 heterocycles. The summed E-state index contributed by atoms with van der Waals surface area (Å²) in [5.41, 5.74) is 3.22. The molecule has 0 radical (unpaired) electrons. The van der Waals surface area contributed by atoms with Crippen molar-refractivity contribution in [3.63, 3.8) is 0 Å². The number of nitrogens with zero attached hydrogens (tertiary/aromatic N) is 2. The number of carbonyl (C=O) groups excluding carboxylic acids is 1. The summed E-state index contributed by atoms with van der Waals surface area (Å²) >= 11 is 2.03. The third-order valence-corrected chi connectivity index (χ3v) is 5.29. The van der Waals surface area contributed by atoms with E-state index in [1.165, 1.54) is 36.2 Å². The van der Waals surface area contributed by atoms with E-state index >= 15 is 0 Å². The van der Waals surface area contributed by atoms with E-state index in [1.54, 1.807) is 0 Å². The van der Waals surface area contributed by atoms with Crippen molar-refractivity contribution < 1.29 is 9.53 Å². The maximum Gasteiger partial charge on any atom is 0.198 e. The minimum Gasteiger partial charge on any atom is -0.469 e. The zero-order valence-corrected chi connectivity index (χ0v) is 14.4. The lowest BCUT2D eigenvalue weighted by molar-refractivity contribution is 0.0557. The van der Waals surface area contributed by atoms with Gasteiger partial charge in [0.15, 0.2) is 6.23 Å². The molecule has 2 aliphatic heterocycles. The minimum absolute atomic E-state index is 0.171. The van der Waals surface area contributed by atoms with Crippen molar-refractivity contribution in [2.45, 2.75) is 19.7 Å². The van der Waals surface area contributed by atoms with Crippen LogP contribution in [-0.2, 0) is 16.1 Å². The molecular weight excluding hydrogens is 308 g/mol. The zero-order valence-electron chi connectivity index (χ0n) is 13.6. The van der Waals surface area contributed by atoms with Crippen LogP contribution in [0.5, 0.6) is 0 Å². The SMILES string of the molecule is CC1=C(C=C=O)N(C)C(c2ccc(CN3CCSCC3)cc2)O1. The number of thioether (sulfide) groups is 1. The molecule has 1 atom stereocenters. The first kappa shape index (κ1) is 16.2. The molecule has 4 nitrogen and oxygen atoms in total. The smallest absolute Gasteiger partial charge is 0.198 e. The molecule has 0 aromatic heterocycles. The van der Waals surface area contributed by atoms with Gasteiger partial charge in [0, 0.05) is 49.8 Å². The van der Waals surface area contributed by atoms with E-state index < -0.39 is 0 Å². The Morgan fingerprint density at radius 1 is 1.30 bits per heavy atom. The number of likely N-dealkylation sites (N-methyl/N-ethyl adjacent to an activating group) is 1. The molecule has 1 saturated heterocycles. The fraction of sp³-hybridized carbons (Fsp3) is 0.444. The molecule has 3 rings (SSSR count). The van der Waals surface area contributed by atoms with Gasteiger partial charge in [-0.05, 0) is 12.5 Å². The van der Waals surface area contributed by atoms with Crippen LogP contribution in [0.4, 0.5) is 0 Å². The average molecular weight is 330 g/mol. The minimum atomic E-state index is -0.171. The summed E-state index contributed by atoms with van der Waals surface area (Å²) in [7, 11) is 1.93. The second-order valence-electron chi connectivity index (χ2n) is 5.91. The molecule has 0 amide bonds. The van der Waals surface area contributed by atoms with Gasteiger partial charge in [0.25, 0.3) is 0 Å². The van der Waals surface area contributed by atoms with Gasteiger partial charge in [-0.3, -0.25) is 4.90 Å². The van der Waals surface area contributed by atoms with Crippen LogP contribution in [-0.4, -0.2) is 47.4 Å². The fourth-order valence-corrected chi connectivity index (χ4v) is 4.02. The Bertz CT molecular complexity index is 629. The van der Waals surface area contributed by atoms with Crippen molar-refractivity contribution >= 4 is 17.7 Å². The Balaban J connectivity index is 1.67. The largest absolute Gasteiger partial charge is 0.469 e. The molecule has 1 unspecified atom stereocenters. The van der Waals surface area contributed by atoms with Gasteiger partial charge >= 0.3 is 0 Å². The van der Waals surface area contributed by atoms with Gasteiger partial charge in [-0.1, -0.05) is 24.3 Å². The predicted octanol–water partition coefficient (Wildman–Crippen LogP) is 2.82. The highest BCUT2D eigenvalue weighted by molar-refractivity contribution is 7.99. The second-order valence-corrected chi connectivity index (χ2v) is 7.14. The van der Waals surface area contributed by atoms with Crippen LogP contribution < -0.4 is 0 Å². The topological polar surface area (TPSA) is 32.8 Å². The van der Waals surface area contributed by atoms with E-state index in [0.717, 1.165) is 23.6 Å². The lowest BCUT2D eigenvalue weighted by Crippen LogP contribution is -2.31. The number of hydrogen-bond acceptors (Lipinski definition) is 5. The molecule has 122 valence electrons. The monoisotopic (exact) mass is 330 g/mol. The average Bonchev–Trinajstić information content (AvgIpc) is 2.85. The fourth-order valence-electron chi connectivity index (χ4n) is 3.04. The third-order valence-electron chi connectivity index (χ3n) is 4.35. The lowest BCUT2D eigenvalue weighted by atomic mass is 10.1. The van der Waals surface area contributed by atoms with Crippen LogP contribution in [0.25, 0.3) is 0 Å². The van der Waals surface area contributed by atoms with Gasteiger partial charge in [0.1, 0.15) is 11.7 Å². The van der Waals surface area contributed by atoms with Crippen LogP contribution in [0, 0.1) is 0 Å². The van der Waals surface area contributed by atoms with Gasteiger partial charge in [-0.25, -0.2) is 4.79 Å². The van der Waals surface area contributed by atoms with Crippen LogP contribution in [0.3, 0.4) is 0 Å². The first-order valence-corrected chi connectivity index (χ1v) is 9.04. The third kappa shape index (κ3) is 3.63. The Hall–Kier alpha value is -1.68. The van der Waals surface area contributed by atoms with Crippen LogP contribution in [0.15, 0.2) is 41.8 Å². The molecule has 1 aromatic rings. The van der Waals surface area contributed by atoms with Gasteiger partial charge in [-0.15, -0.1) is 0 Å². The maximum absolute atomic E-state index is 10.6. The van der Waals surface area contributed by atoms with E-state index in [9.17, 15) is 4.79 Å². The highest BCUT2D eigenvalue weighted by Crippen LogP contribution is 2.35. The summed E-state index contributed by atoms with van der Waals surface area (Å²) in [4.78, 5) is 15.1. The summed E-state index contributed by atoms with van der Waals surface area (Å²) in [5.74, 6) is 5.06. The Morgan fingerprint density at radius 3 is 2.65 bits per heavy atom. The van der Waals surface area contributed by atoms with E-state index in [1.807, 2.05) is 36.6 Å². The van der Waals surface area contributed by atoms with Gasteiger partial charge < -0.3 is 9.64 Å². The molecule has 5 heteroatoms. The number of rotatable bonds is 4. The van der Waals surface area contributed by atoms with Crippen molar-refractivity contribution in [2.75, 3.05) is 31.6 Å². The summed E-state index contributed by atoms with van der Waals surface area (Å²) in [6.07, 6.45) is 1.26. The molecule has 23 heavy (non-hydrogen) atoms. The molecule has 0 bridgehead atoms. The van der Waals surface area contributed by atoms with Crippen molar-refractivity contribution in [1.29, 1.82) is 0 Å². The summed E-state index contributed by atoms with van der Waals surface area (Å²) in [5, 5.41) is 0. The Kier molecular flexibility index (Phi) is 5.11. The number of ether oxygens (including phenoxy) is 1. The second kappa shape index (κ2) is 7.26. The highest BCUT2D eigenvalue weighted by atomic mass is 32.2. The van der Waals surface area contributed by atoms with Crippen molar-refractivity contribution in [1.82, 2.24) is 9.80 Å². The normalized spacial score (nSPS) is 22.0. The number of hydrogen-bond donors (Lipinski definition) is 0. The molecule has 0 spiro atoms. The standard InChI is InChI=1S/C18H22N2O2S/c1-14-17(7-10-21)19(2)18(22-14)16-5-3-15(4-6-16)13-20-8-11-23-12-9-20/h3-7,18H,8-9,11-13H2,1-2H3. The van der Waals surface area contributed by atoms with Crippen LogP contribution in [0.1, 0.15) is 24.3 Å². The number of benzene rings is 1. The Morgan fingerprint density at radius 2 is 2.00 bits per heavy atom. The van der Waals surface area contributed by atoms with Crippen molar-refractivity contribution in [3.05, 3.63) is 52.9 Å². The zero-order chi connectivity index (χ0) is 16.2. The quantitative estimate of drug-likeness (QED) is 0.793. The van der Waals surface area contributed by atoms with Gasteiger partial charge in [-0.2, -0.15) is 11.8 Å². The first-order chi connectivity index (χ1) is 11.2. The Labute approximate surface area is 141 Å². The van der Waals surface area contributed by atoms with E-state index in [-0.39, 0.29) is 6.23 Å². The molecule has 1 fully saturated rings. The molecule has 2 aliphatic rings. The van der Waals surface area contributed by atoms with Gasteiger partial charge in [0.2, 0.25) is 0 Å². The summed E-state index contributed by atoms with van der Waals surface area (Å²) in [6, 6.07) is 8.60. The van der Waals surface area contributed by atoms with Crippen molar-refractivity contribution in [2.24, 2.45) is 0 Å². The summed E-state index contributed by atoms with van der Waals surface area (Å²) < 4.78 is 5.90. The van der Waals surface area contributed by atoms with E-state index in [2.05, 4.69) is 29.2 Å². The molecule has 0 saturated carbocycles. The number of allylic oxidation sites excluding steroid dienone is 2. The highest BCUT2D eigenvalue weighted by Gasteiger charge is 2.28. The maximum atomic E-state index is 10.6. The first-order valence-electron chi connectivity index (χ1n) is 7.89. The van der Waals surface area contributed by atoms with Crippen LogP contribution >= 0.6 is 11.8 Å². The lowest BCUT2D eigenvalue weighted by Gasteiger charge is -2.26. The molecule has 0 N–H and O–H groups in total. The van der Waals surface area contributed by atoms with Crippen molar-refractivity contribution in [3.8, 4) is 0 Å². The van der Waals surface area contributed by atoms with E-state index in [4.69, 9.17) is 4.74 Å². The predicted molar refractivity (Wildman–Crippen MR) is 93.6 cm³/mol. The molecule has 1 aromatic carbocycles. The summed E-state index contributed by atoms with van der Waals surface area (Å²) in [6.45, 7) is 5.23. The van der Waals surface area contributed by atoms with Gasteiger partial charge in [0.05, 0.1) is 5.70 Å². The van der Waals surface area contributed by atoms with E-state index in [0.29, 0.717) is 0 Å². The molecule has 0 aliphatic carbocycles. The molecular formula is C18H22N2O2S. The van der Waals surface area contributed by atoms with Crippen LogP contribution in [0.2, 0.25) is 0 Å².